The minimum Gasteiger partial charge on any atom is -0.328 e. The lowest BCUT2D eigenvalue weighted by Gasteiger charge is -2.05. The molecule has 0 aliphatic carbocycles. The van der Waals surface area contributed by atoms with Gasteiger partial charge >= 0.3 is 0 Å². The second-order valence-corrected chi connectivity index (χ2v) is 3.63. The van der Waals surface area contributed by atoms with E-state index >= 15 is 0 Å². The van der Waals surface area contributed by atoms with E-state index in [2.05, 4.69) is 0 Å². The van der Waals surface area contributed by atoms with Crippen molar-refractivity contribution in [1.29, 1.82) is 0 Å². The van der Waals surface area contributed by atoms with Crippen LogP contribution in [0.15, 0.2) is 18.2 Å². The van der Waals surface area contributed by atoms with Crippen molar-refractivity contribution < 1.29 is 4.92 Å². The fourth-order valence-electron chi connectivity index (χ4n) is 1.20. The van der Waals surface area contributed by atoms with E-state index in [1.165, 1.54) is 6.07 Å². The first-order valence-corrected chi connectivity index (χ1v) is 4.57. The highest BCUT2D eigenvalue weighted by molar-refractivity contribution is 6.32. The number of nitrogens with zero attached hydrogens (tertiary/aromatic N) is 1. The molecule has 0 spiro atoms. The molecule has 1 atom stereocenters. The lowest BCUT2D eigenvalue weighted by atomic mass is 10.1. The molecule has 0 fully saturated rings. The Hall–Kier alpha value is -1.13. The van der Waals surface area contributed by atoms with Crippen molar-refractivity contribution in [2.75, 3.05) is 0 Å². The summed E-state index contributed by atoms with van der Waals surface area (Å²) in [5.74, 6) is 0. The molecule has 0 aromatic heterocycles. The smallest absolute Gasteiger partial charge is 0.287 e. The van der Waals surface area contributed by atoms with Gasteiger partial charge in [-0.2, -0.15) is 0 Å². The fourth-order valence-corrected chi connectivity index (χ4v) is 1.47. The number of nitro groups is 1. The molecule has 5 heteroatoms. The predicted octanol–water partition coefficient (Wildman–Crippen LogP) is 2.14. The van der Waals surface area contributed by atoms with Gasteiger partial charge < -0.3 is 5.73 Å². The summed E-state index contributed by atoms with van der Waals surface area (Å²) >= 11 is 5.73. The highest BCUT2D eigenvalue weighted by atomic mass is 35.5. The molecule has 1 aromatic rings. The van der Waals surface area contributed by atoms with Crippen molar-refractivity contribution in [3.8, 4) is 0 Å². The van der Waals surface area contributed by atoms with Gasteiger partial charge in [0.05, 0.1) is 4.92 Å². The summed E-state index contributed by atoms with van der Waals surface area (Å²) in [5.41, 5.74) is 6.44. The molecule has 1 aromatic carbocycles. The van der Waals surface area contributed by atoms with Gasteiger partial charge in [0.1, 0.15) is 5.02 Å². The number of nitro benzene ring substituents is 1. The van der Waals surface area contributed by atoms with Crippen LogP contribution in [0.5, 0.6) is 0 Å². The quantitative estimate of drug-likeness (QED) is 0.619. The molecule has 0 heterocycles. The van der Waals surface area contributed by atoms with Gasteiger partial charge in [-0.1, -0.05) is 17.7 Å². The van der Waals surface area contributed by atoms with Crippen LogP contribution in [-0.4, -0.2) is 11.0 Å². The molecule has 0 bridgehead atoms. The Balaban J connectivity index is 2.94. The Bertz CT molecular complexity index is 353. The van der Waals surface area contributed by atoms with Gasteiger partial charge in [-0.3, -0.25) is 10.1 Å². The molecular formula is C9H11ClN2O2. The van der Waals surface area contributed by atoms with E-state index in [1.807, 2.05) is 6.92 Å². The van der Waals surface area contributed by atoms with Crippen molar-refractivity contribution in [2.24, 2.45) is 5.73 Å². The van der Waals surface area contributed by atoms with Crippen LogP contribution in [0.4, 0.5) is 5.69 Å². The Kier molecular flexibility index (Phi) is 3.43. The van der Waals surface area contributed by atoms with Crippen molar-refractivity contribution in [1.82, 2.24) is 0 Å². The number of rotatable bonds is 3. The van der Waals surface area contributed by atoms with Crippen LogP contribution in [0.3, 0.4) is 0 Å². The third-order valence-electron chi connectivity index (χ3n) is 1.77. The van der Waals surface area contributed by atoms with Crippen LogP contribution >= 0.6 is 11.6 Å². The Labute approximate surface area is 86.8 Å². The second kappa shape index (κ2) is 4.39. The molecule has 0 saturated heterocycles. The molecule has 0 aliphatic rings. The zero-order valence-corrected chi connectivity index (χ0v) is 8.49. The van der Waals surface area contributed by atoms with Crippen LogP contribution in [0.2, 0.25) is 5.02 Å². The van der Waals surface area contributed by atoms with Crippen LogP contribution in [0.1, 0.15) is 12.5 Å². The first-order chi connectivity index (χ1) is 6.50. The average Bonchev–Trinajstić information content (AvgIpc) is 2.01. The number of benzene rings is 1. The number of nitrogens with two attached hydrogens (primary N) is 1. The lowest BCUT2D eigenvalue weighted by molar-refractivity contribution is -0.384. The standard InChI is InChI=1S/C9H11ClN2O2/c1-6(11)4-7-2-3-9(12(13)14)8(10)5-7/h2-3,5-6H,4,11H2,1H3/t6-/m0/s1. The molecule has 76 valence electrons. The second-order valence-electron chi connectivity index (χ2n) is 3.22. The summed E-state index contributed by atoms with van der Waals surface area (Å²) in [7, 11) is 0. The van der Waals surface area contributed by atoms with Gasteiger partial charge in [0.2, 0.25) is 0 Å². The third-order valence-corrected chi connectivity index (χ3v) is 2.07. The molecule has 0 aliphatic heterocycles. The normalized spacial score (nSPS) is 12.5. The number of hydrogen-bond acceptors (Lipinski definition) is 3. The summed E-state index contributed by atoms with van der Waals surface area (Å²) in [6, 6.07) is 4.68. The van der Waals surface area contributed by atoms with Gasteiger partial charge in [0, 0.05) is 12.1 Å². The van der Waals surface area contributed by atoms with Crippen molar-refractivity contribution in [3.05, 3.63) is 38.9 Å². The third kappa shape index (κ3) is 2.68. The topological polar surface area (TPSA) is 69.2 Å². The SMILES string of the molecule is C[C@H](N)Cc1ccc([N+](=O)[O-])c(Cl)c1. The van der Waals surface area contributed by atoms with E-state index in [-0.39, 0.29) is 16.8 Å². The van der Waals surface area contributed by atoms with Crippen LogP contribution in [0, 0.1) is 10.1 Å². The van der Waals surface area contributed by atoms with Gasteiger partial charge in [-0.05, 0) is 25.0 Å². The molecule has 2 N–H and O–H groups in total. The van der Waals surface area contributed by atoms with E-state index in [1.54, 1.807) is 12.1 Å². The maximum absolute atomic E-state index is 10.5. The summed E-state index contributed by atoms with van der Waals surface area (Å²) in [5, 5.41) is 10.6. The van der Waals surface area contributed by atoms with Gasteiger partial charge in [0.15, 0.2) is 0 Å². The molecule has 0 radical (unpaired) electrons. The first-order valence-electron chi connectivity index (χ1n) is 4.19. The average molecular weight is 215 g/mol. The molecule has 4 nitrogen and oxygen atoms in total. The maximum atomic E-state index is 10.5. The maximum Gasteiger partial charge on any atom is 0.287 e. The molecular weight excluding hydrogens is 204 g/mol. The van der Waals surface area contributed by atoms with Crippen LogP contribution in [-0.2, 0) is 6.42 Å². The minimum absolute atomic E-state index is 0.0209. The predicted molar refractivity (Wildman–Crippen MR) is 55.5 cm³/mol. The lowest BCUT2D eigenvalue weighted by Crippen LogP contribution is -2.17. The fraction of sp³-hybridized carbons (Fsp3) is 0.333. The molecule has 1 rings (SSSR count). The number of hydrogen-bond donors (Lipinski definition) is 1. The largest absolute Gasteiger partial charge is 0.328 e. The van der Waals surface area contributed by atoms with Gasteiger partial charge in [0.25, 0.3) is 5.69 Å². The monoisotopic (exact) mass is 214 g/mol. The zero-order valence-electron chi connectivity index (χ0n) is 7.74. The summed E-state index contributed by atoms with van der Waals surface area (Å²) < 4.78 is 0. The van der Waals surface area contributed by atoms with E-state index in [9.17, 15) is 10.1 Å². The van der Waals surface area contributed by atoms with Crippen LogP contribution < -0.4 is 5.73 Å². The van der Waals surface area contributed by atoms with E-state index < -0.39 is 4.92 Å². The highest BCUT2D eigenvalue weighted by Gasteiger charge is 2.12. The van der Waals surface area contributed by atoms with Gasteiger partial charge in [-0.25, -0.2) is 0 Å². The van der Waals surface area contributed by atoms with E-state index in [0.717, 1.165) is 5.56 Å². The molecule has 0 unspecified atom stereocenters. The summed E-state index contributed by atoms with van der Waals surface area (Å²) in [6.07, 6.45) is 0.664. The minimum atomic E-state index is -0.502. The molecule has 0 amide bonds. The number of halogens is 1. The highest BCUT2D eigenvalue weighted by Crippen LogP contribution is 2.25. The zero-order chi connectivity index (χ0) is 10.7. The Morgan fingerprint density at radius 3 is 2.71 bits per heavy atom. The molecule has 14 heavy (non-hydrogen) atoms. The van der Waals surface area contributed by atoms with Crippen molar-refractivity contribution in [2.45, 2.75) is 19.4 Å². The Morgan fingerprint density at radius 1 is 1.64 bits per heavy atom. The van der Waals surface area contributed by atoms with Crippen molar-refractivity contribution >= 4 is 17.3 Å². The molecule has 0 saturated carbocycles. The summed E-state index contributed by atoms with van der Waals surface area (Å²) in [6.45, 7) is 1.87. The first kappa shape index (κ1) is 10.9. The van der Waals surface area contributed by atoms with Gasteiger partial charge in [-0.15, -0.1) is 0 Å². The summed E-state index contributed by atoms with van der Waals surface area (Å²) in [4.78, 5) is 9.95. The van der Waals surface area contributed by atoms with Crippen LogP contribution in [0.25, 0.3) is 0 Å². The van der Waals surface area contributed by atoms with E-state index in [4.69, 9.17) is 17.3 Å². The van der Waals surface area contributed by atoms with E-state index in [0.29, 0.717) is 6.42 Å². The Morgan fingerprint density at radius 2 is 2.29 bits per heavy atom. The van der Waals surface area contributed by atoms with Crippen molar-refractivity contribution in [3.63, 3.8) is 0 Å².